The minimum atomic E-state index is -0.171. The fourth-order valence-electron chi connectivity index (χ4n) is 2.94. The highest BCUT2D eigenvalue weighted by atomic mass is 79.9. The Kier molecular flexibility index (Phi) is 4.78. The first-order valence-electron chi connectivity index (χ1n) is 7.48. The van der Waals surface area contributed by atoms with Crippen LogP contribution in [0, 0.1) is 0 Å². The summed E-state index contributed by atoms with van der Waals surface area (Å²) in [7, 11) is 1.94. The van der Waals surface area contributed by atoms with Gasteiger partial charge in [-0.1, -0.05) is 40.2 Å². The predicted molar refractivity (Wildman–Crippen MR) is 99.5 cm³/mol. The number of fused-ring (bicyclic) bond motifs is 1. The molecule has 0 aliphatic heterocycles. The maximum absolute atomic E-state index is 12.2. The summed E-state index contributed by atoms with van der Waals surface area (Å²) in [5, 5.41) is 3.28. The van der Waals surface area contributed by atoms with E-state index in [9.17, 15) is 4.79 Å². The zero-order valence-corrected chi connectivity index (χ0v) is 15.2. The molecule has 0 saturated carbocycles. The summed E-state index contributed by atoms with van der Waals surface area (Å²) in [4.78, 5) is 14.2. The minimum absolute atomic E-state index is 0.171. The van der Waals surface area contributed by atoms with Crippen molar-refractivity contribution in [3.05, 3.63) is 69.7 Å². The second kappa shape index (κ2) is 6.81. The molecule has 1 aliphatic rings. The molecule has 5 heteroatoms. The van der Waals surface area contributed by atoms with Gasteiger partial charge < -0.3 is 4.90 Å². The van der Waals surface area contributed by atoms with Gasteiger partial charge in [0.1, 0.15) is 0 Å². The van der Waals surface area contributed by atoms with Crippen molar-refractivity contribution >= 4 is 39.2 Å². The molecule has 2 aromatic rings. The third-order valence-electron chi connectivity index (χ3n) is 4.20. The fraction of sp³-hybridized carbons (Fsp3) is 0.222. The second-order valence-electron chi connectivity index (χ2n) is 5.63. The van der Waals surface area contributed by atoms with E-state index in [-0.39, 0.29) is 11.9 Å². The molecule has 0 spiro atoms. The monoisotopic (exact) mass is 388 g/mol. The Labute approximate surface area is 149 Å². The lowest BCUT2D eigenvalue weighted by Crippen LogP contribution is -2.41. The maximum atomic E-state index is 12.2. The smallest absolute Gasteiger partial charge is 0.257 e. The molecule has 3 nitrogen and oxygen atoms in total. The van der Waals surface area contributed by atoms with Crippen molar-refractivity contribution in [3.8, 4) is 0 Å². The lowest BCUT2D eigenvalue weighted by Gasteiger charge is -2.28. The average molecular weight is 389 g/mol. The molecule has 0 saturated heterocycles. The maximum Gasteiger partial charge on any atom is 0.257 e. The summed E-state index contributed by atoms with van der Waals surface area (Å²) in [6.07, 6.45) is 2.04. The summed E-state index contributed by atoms with van der Waals surface area (Å²) in [5.41, 5.74) is 3.23. The highest BCUT2D eigenvalue weighted by molar-refractivity contribution is 9.10. The molecule has 1 atom stereocenters. The molecule has 0 bridgehead atoms. The van der Waals surface area contributed by atoms with E-state index >= 15 is 0 Å². The van der Waals surface area contributed by atoms with Gasteiger partial charge in [0.2, 0.25) is 0 Å². The number of carbonyl (C=O) groups excluding carboxylic acids is 1. The first kappa shape index (κ1) is 16.1. The first-order chi connectivity index (χ1) is 11.1. The zero-order valence-electron chi connectivity index (χ0n) is 12.8. The van der Waals surface area contributed by atoms with Crippen molar-refractivity contribution in [2.75, 3.05) is 7.05 Å². The number of hydrogen-bond acceptors (Lipinski definition) is 2. The molecule has 2 aromatic carbocycles. The van der Waals surface area contributed by atoms with Crippen molar-refractivity contribution in [3.63, 3.8) is 0 Å². The van der Waals surface area contributed by atoms with E-state index in [1.54, 1.807) is 12.1 Å². The number of carbonyl (C=O) groups is 1. The van der Waals surface area contributed by atoms with Gasteiger partial charge in [0.25, 0.3) is 5.91 Å². The summed E-state index contributed by atoms with van der Waals surface area (Å²) in [6.45, 7) is 0. The van der Waals surface area contributed by atoms with E-state index in [1.165, 1.54) is 11.1 Å². The van der Waals surface area contributed by atoms with Crippen molar-refractivity contribution in [2.45, 2.75) is 18.9 Å². The van der Waals surface area contributed by atoms with E-state index in [4.69, 9.17) is 12.2 Å². The number of thiocarbonyl (C=S) groups is 1. The molecule has 0 heterocycles. The Morgan fingerprint density at radius 3 is 2.74 bits per heavy atom. The van der Waals surface area contributed by atoms with Crippen LogP contribution in [0.2, 0.25) is 0 Å². The van der Waals surface area contributed by atoms with Crippen LogP contribution in [0.3, 0.4) is 0 Å². The standard InChI is InChI=1S/C18H17BrN2OS/c1-21(16-10-8-12-7-9-14(19)11-15(12)16)18(23)20-17(22)13-5-3-2-4-6-13/h2-7,9,11,16H,8,10H2,1H3,(H,20,22,23). The van der Waals surface area contributed by atoms with Crippen molar-refractivity contribution < 1.29 is 4.79 Å². The van der Waals surface area contributed by atoms with Gasteiger partial charge in [0.15, 0.2) is 5.11 Å². The fourth-order valence-corrected chi connectivity index (χ4v) is 3.54. The number of amides is 1. The van der Waals surface area contributed by atoms with Gasteiger partial charge in [0, 0.05) is 17.1 Å². The number of halogens is 1. The van der Waals surface area contributed by atoms with Crippen molar-refractivity contribution in [1.29, 1.82) is 0 Å². The van der Waals surface area contributed by atoms with E-state index < -0.39 is 0 Å². The highest BCUT2D eigenvalue weighted by Crippen LogP contribution is 2.36. The van der Waals surface area contributed by atoms with E-state index in [2.05, 4.69) is 39.4 Å². The number of aryl methyl sites for hydroxylation is 1. The second-order valence-corrected chi connectivity index (χ2v) is 6.94. The summed E-state index contributed by atoms with van der Waals surface area (Å²) >= 11 is 8.96. The Morgan fingerprint density at radius 2 is 2.00 bits per heavy atom. The van der Waals surface area contributed by atoms with Gasteiger partial charge in [-0.15, -0.1) is 0 Å². The van der Waals surface area contributed by atoms with Gasteiger partial charge in [-0.25, -0.2) is 0 Å². The average Bonchev–Trinajstić information content (AvgIpc) is 2.97. The van der Waals surface area contributed by atoms with Gasteiger partial charge in [-0.3, -0.25) is 10.1 Å². The molecule has 3 rings (SSSR count). The van der Waals surface area contributed by atoms with E-state index in [1.807, 2.05) is 30.1 Å². The van der Waals surface area contributed by atoms with Gasteiger partial charge in [-0.05, 0) is 60.5 Å². The largest absolute Gasteiger partial charge is 0.345 e. The molecule has 23 heavy (non-hydrogen) atoms. The van der Waals surface area contributed by atoms with Crippen LogP contribution in [0.4, 0.5) is 0 Å². The van der Waals surface area contributed by atoms with Crippen LogP contribution in [-0.2, 0) is 6.42 Å². The molecule has 1 N–H and O–H groups in total. The minimum Gasteiger partial charge on any atom is -0.345 e. The third-order valence-corrected chi connectivity index (χ3v) is 5.08. The van der Waals surface area contributed by atoms with Crippen LogP contribution < -0.4 is 5.32 Å². The zero-order chi connectivity index (χ0) is 16.4. The summed E-state index contributed by atoms with van der Waals surface area (Å²) in [6, 6.07) is 15.7. The van der Waals surface area contributed by atoms with Crippen LogP contribution >= 0.6 is 28.1 Å². The molecule has 0 fully saturated rings. The van der Waals surface area contributed by atoms with Crippen LogP contribution in [-0.4, -0.2) is 23.0 Å². The predicted octanol–water partition coefficient (Wildman–Crippen LogP) is 4.08. The Bertz CT molecular complexity index is 748. The summed E-state index contributed by atoms with van der Waals surface area (Å²) < 4.78 is 1.07. The molecule has 1 amide bonds. The molecular formula is C18H17BrN2OS. The van der Waals surface area contributed by atoms with Gasteiger partial charge >= 0.3 is 0 Å². The van der Waals surface area contributed by atoms with Gasteiger partial charge in [-0.2, -0.15) is 0 Å². The third kappa shape index (κ3) is 3.46. The van der Waals surface area contributed by atoms with E-state index in [0.717, 1.165) is 17.3 Å². The van der Waals surface area contributed by atoms with Crippen LogP contribution in [0.1, 0.15) is 33.9 Å². The molecular weight excluding hydrogens is 372 g/mol. The first-order valence-corrected chi connectivity index (χ1v) is 8.68. The topological polar surface area (TPSA) is 32.3 Å². The normalized spacial score (nSPS) is 15.8. The number of benzene rings is 2. The molecule has 118 valence electrons. The lowest BCUT2D eigenvalue weighted by atomic mass is 10.1. The van der Waals surface area contributed by atoms with Crippen LogP contribution in [0.15, 0.2) is 53.0 Å². The van der Waals surface area contributed by atoms with Crippen LogP contribution in [0.25, 0.3) is 0 Å². The highest BCUT2D eigenvalue weighted by Gasteiger charge is 2.28. The lowest BCUT2D eigenvalue weighted by molar-refractivity contribution is 0.0972. The molecule has 0 aromatic heterocycles. The number of hydrogen-bond donors (Lipinski definition) is 1. The Morgan fingerprint density at radius 1 is 1.26 bits per heavy atom. The number of rotatable bonds is 2. The SMILES string of the molecule is CN(C(=S)NC(=O)c1ccccc1)C1CCc2ccc(Br)cc21. The number of nitrogens with one attached hydrogen (secondary N) is 1. The molecule has 0 radical (unpaired) electrons. The van der Waals surface area contributed by atoms with Crippen molar-refractivity contribution in [1.82, 2.24) is 10.2 Å². The Balaban J connectivity index is 1.72. The van der Waals surface area contributed by atoms with Crippen molar-refractivity contribution in [2.24, 2.45) is 0 Å². The van der Waals surface area contributed by atoms with E-state index in [0.29, 0.717) is 10.7 Å². The van der Waals surface area contributed by atoms with Gasteiger partial charge in [0.05, 0.1) is 6.04 Å². The summed E-state index contributed by atoms with van der Waals surface area (Å²) in [5.74, 6) is -0.171. The Hall–Kier alpha value is -1.72. The molecule has 1 aliphatic carbocycles. The van der Waals surface area contributed by atoms with Crippen LogP contribution in [0.5, 0.6) is 0 Å². The number of nitrogens with zero attached hydrogens (tertiary/aromatic N) is 1. The quantitative estimate of drug-likeness (QED) is 0.786. The molecule has 1 unspecified atom stereocenters.